The molecule has 18 heavy (non-hydrogen) atoms. The normalized spacial score (nSPS) is 11.9. The SMILES string of the molecule is CC(C)CCC(=O)N[C@@H](C#N)c1ccccc1F. The van der Waals surface area contributed by atoms with Gasteiger partial charge in [0.25, 0.3) is 0 Å². The molecule has 0 aromatic heterocycles. The zero-order chi connectivity index (χ0) is 13.5. The molecule has 1 rings (SSSR count). The van der Waals surface area contributed by atoms with E-state index in [9.17, 15) is 9.18 Å². The first kappa shape index (κ1) is 14.2. The van der Waals surface area contributed by atoms with Crippen LogP contribution in [0.4, 0.5) is 4.39 Å². The van der Waals surface area contributed by atoms with Gasteiger partial charge >= 0.3 is 0 Å². The Balaban J connectivity index is 2.66. The quantitative estimate of drug-likeness (QED) is 0.871. The minimum Gasteiger partial charge on any atom is -0.337 e. The van der Waals surface area contributed by atoms with E-state index in [4.69, 9.17) is 5.26 Å². The number of benzene rings is 1. The fourth-order valence-electron chi connectivity index (χ4n) is 1.54. The number of nitrogens with zero attached hydrogens (tertiary/aromatic N) is 1. The van der Waals surface area contributed by atoms with Gasteiger partial charge in [-0.15, -0.1) is 0 Å². The van der Waals surface area contributed by atoms with Crippen LogP contribution in [0.1, 0.15) is 38.3 Å². The Morgan fingerprint density at radius 1 is 1.44 bits per heavy atom. The lowest BCUT2D eigenvalue weighted by atomic mass is 10.1. The van der Waals surface area contributed by atoms with Gasteiger partial charge in [0, 0.05) is 12.0 Å². The number of carbonyl (C=O) groups excluding carboxylic acids is 1. The van der Waals surface area contributed by atoms with Gasteiger partial charge in [0.05, 0.1) is 6.07 Å². The van der Waals surface area contributed by atoms with Crippen molar-refractivity contribution in [1.29, 1.82) is 5.26 Å². The van der Waals surface area contributed by atoms with E-state index < -0.39 is 11.9 Å². The second-order valence-corrected chi connectivity index (χ2v) is 4.58. The summed E-state index contributed by atoms with van der Waals surface area (Å²) in [4.78, 5) is 11.6. The predicted molar refractivity (Wildman–Crippen MR) is 67.0 cm³/mol. The zero-order valence-electron chi connectivity index (χ0n) is 10.6. The van der Waals surface area contributed by atoms with E-state index in [-0.39, 0.29) is 11.5 Å². The summed E-state index contributed by atoms with van der Waals surface area (Å²) < 4.78 is 13.5. The van der Waals surface area contributed by atoms with E-state index in [1.807, 2.05) is 19.9 Å². The standard InChI is InChI=1S/C14H17FN2O/c1-10(2)7-8-14(18)17-13(9-16)11-5-3-4-6-12(11)15/h3-6,10,13H,7-8H2,1-2H3,(H,17,18)/t13-/m0/s1. The zero-order valence-corrected chi connectivity index (χ0v) is 10.6. The molecule has 0 radical (unpaired) electrons. The lowest BCUT2D eigenvalue weighted by molar-refractivity contribution is -0.121. The highest BCUT2D eigenvalue weighted by atomic mass is 19.1. The number of carbonyl (C=O) groups is 1. The minimum absolute atomic E-state index is 0.206. The Morgan fingerprint density at radius 3 is 2.67 bits per heavy atom. The Kier molecular flexibility index (Phi) is 5.31. The average Bonchev–Trinajstić information content (AvgIpc) is 2.34. The summed E-state index contributed by atoms with van der Waals surface area (Å²) in [5.41, 5.74) is 0.206. The van der Waals surface area contributed by atoms with Gasteiger partial charge in [-0.05, 0) is 18.4 Å². The fraction of sp³-hybridized carbons (Fsp3) is 0.429. The second kappa shape index (κ2) is 6.75. The third-order valence-corrected chi connectivity index (χ3v) is 2.60. The molecule has 0 saturated carbocycles. The van der Waals surface area contributed by atoms with Crippen molar-refractivity contribution in [3.63, 3.8) is 0 Å². The van der Waals surface area contributed by atoms with Crippen molar-refractivity contribution in [1.82, 2.24) is 5.32 Å². The number of nitrogens with one attached hydrogen (secondary N) is 1. The molecule has 1 atom stereocenters. The molecular weight excluding hydrogens is 231 g/mol. The first-order chi connectivity index (χ1) is 8.54. The molecule has 4 heteroatoms. The first-order valence-corrected chi connectivity index (χ1v) is 5.98. The molecule has 0 aliphatic rings. The molecule has 1 amide bonds. The smallest absolute Gasteiger partial charge is 0.221 e. The monoisotopic (exact) mass is 248 g/mol. The van der Waals surface area contributed by atoms with Crippen LogP contribution in [0.3, 0.4) is 0 Å². The molecule has 3 nitrogen and oxygen atoms in total. The third kappa shape index (κ3) is 4.17. The van der Waals surface area contributed by atoms with Crippen molar-refractivity contribution < 1.29 is 9.18 Å². The van der Waals surface area contributed by atoms with Crippen LogP contribution in [0.15, 0.2) is 24.3 Å². The van der Waals surface area contributed by atoms with E-state index >= 15 is 0 Å². The van der Waals surface area contributed by atoms with Crippen LogP contribution in [0.5, 0.6) is 0 Å². The van der Waals surface area contributed by atoms with Crippen LogP contribution in [0.2, 0.25) is 0 Å². The van der Waals surface area contributed by atoms with Crippen LogP contribution in [-0.4, -0.2) is 5.91 Å². The highest BCUT2D eigenvalue weighted by molar-refractivity contribution is 5.76. The van der Waals surface area contributed by atoms with Crippen LogP contribution in [0, 0.1) is 23.1 Å². The molecule has 1 aromatic carbocycles. The maximum absolute atomic E-state index is 13.5. The van der Waals surface area contributed by atoms with E-state index in [2.05, 4.69) is 5.32 Å². The molecule has 0 heterocycles. The summed E-state index contributed by atoms with van der Waals surface area (Å²) in [7, 11) is 0. The second-order valence-electron chi connectivity index (χ2n) is 4.58. The number of amides is 1. The van der Waals surface area contributed by atoms with E-state index in [0.29, 0.717) is 12.3 Å². The number of halogens is 1. The number of rotatable bonds is 5. The summed E-state index contributed by atoms with van der Waals surface area (Å²) in [5.74, 6) is -0.281. The maximum atomic E-state index is 13.5. The molecule has 0 saturated heterocycles. The highest BCUT2D eigenvalue weighted by Crippen LogP contribution is 2.16. The van der Waals surface area contributed by atoms with Gasteiger partial charge in [-0.25, -0.2) is 4.39 Å². The van der Waals surface area contributed by atoms with Crippen LogP contribution in [-0.2, 0) is 4.79 Å². The van der Waals surface area contributed by atoms with Crippen LogP contribution < -0.4 is 5.32 Å². The van der Waals surface area contributed by atoms with Gasteiger partial charge in [-0.1, -0.05) is 32.0 Å². The van der Waals surface area contributed by atoms with Crippen LogP contribution in [0.25, 0.3) is 0 Å². The lowest BCUT2D eigenvalue weighted by Crippen LogP contribution is -2.28. The molecule has 1 aromatic rings. The number of hydrogen-bond donors (Lipinski definition) is 1. The van der Waals surface area contributed by atoms with Gasteiger partial charge in [-0.2, -0.15) is 5.26 Å². The molecule has 96 valence electrons. The average molecular weight is 248 g/mol. The molecule has 0 aliphatic heterocycles. The predicted octanol–water partition coefficient (Wildman–Crippen LogP) is 2.94. The van der Waals surface area contributed by atoms with Crippen molar-refractivity contribution in [3.05, 3.63) is 35.6 Å². The van der Waals surface area contributed by atoms with E-state index in [1.165, 1.54) is 12.1 Å². The van der Waals surface area contributed by atoms with Gasteiger partial charge < -0.3 is 5.32 Å². The van der Waals surface area contributed by atoms with Crippen molar-refractivity contribution >= 4 is 5.91 Å². The van der Waals surface area contributed by atoms with E-state index in [0.717, 1.165) is 6.42 Å². The van der Waals surface area contributed by atoms with Crippen molar-refractivity contribution in [3.8, 4) is 6.07 Å². The summed E-state index contributed by atoms with van der Waals surface area (Å²) in [6.07, 6.45) is 1.10. The molecule has 0 aliphatic carbocycles. The molecule has 1 N–H and O–H groups in total. The summed E-state index contributed by atoms with van der Waals surface area (Å²) >= 11 is 0. The topological polar surface area (TPSA) is 52.9 Å². The Labute approximate surface area is 107 Å². The van der Waals surface area contributed by atoms with Crippen molar-refractivity contribution in [2.75, 3.05) is 0 Å². The highest BCUT2D eigenvalue weighted by Gasteiger charge is 2.17. The Bertz CT molecular complexity index is 451. The summed E-state index contributed by atoms with van der Waals surface area (Å²) in [6.45, 7) is 4.04. The first-order valence-electron chi connectivity index (χ1n) is 5.98. The van der Waals surface area contributed by atoms with Gasteiger partial charge in [-0.3, -0.25) is 4.79 Å². The van der Waals surface area contributed by atoms with Crippen LogP contribution >= 0.6 is 0 Å². The van der Waals surface area contributed by atoms with E-state index in [1.54, 1.807) is 12.1 Å². The van der Waals surface area contributed by atoms with Gasteiger partial charge in [0.15, 0.2) is 0 Å². The minimum atomic E-state index is -0.925. The fourth-order valence-corrected chi connectivity index (χ4v) is 1.54. The Morgan fingerprint density at radius 2 is 2.11 bits per heavy atom. The van der Waals surface area contributed by atoms with Crippen molar-refractivity contribution in [2.24, 2.45) is 5.92 Å². The van der Waals surface area contributed by atoms with Crippen molar-refractivity contribution in [2.45, 2.75) is 32.7 Å². The lowest BCUT2D eigenvalue weighted by Gasteiger charge is -2.13. The molecule has 0 bridgehead atoms. The molecule has 0 spiro atoms. The summed E-state index contributed by atoms with van der Waals surface area (Å²) in [5, 5.41) is 11.5. The largest absolute Gasteiger partial charge is 0.337 e. The summed E-state index contributed by atoms with van der Waals surface area (Å²) in [6, 6.07) is 6.96. The molecule has 0 unspecified atom stereocenters. The van der Waals surface area contributed by atoms with Gasteiger partial charge in [0.1, 0.15) is 11.9 Å². The number of hydrogen-bond acceptors (Lipinski definition) is 2. The Hall–Kier alpha value is -1.89. The molecular formula is C14H17FN2O. The molecule has 0 fully saturated rings. The third-order valence-electron chi connectivity index (χ3n) is 2.60. The maximum Gasteiger partial charge on any atom is 0.221 e. The number of nitriles is 1. The van der Waals surface area contributed by atoms with Gasteiger partial charge in [0.2, 0.25) is 5.91 Å².